The highest BCUT2D eigenvalue weighted by Crippen LogP contribution is 2.20. The molecule has 0 fully saturated rings. The minimum absolute atomic E-state index is 0.566. The molecule has 0 amide bonds. The van der Waals surface area contributed by atoms with E-state index >= 15 is 0 Å². The van der Waals surface area contributed by atoms with Gasteiger partial charge in [-0.2, -0.15) is 13.9 Å². The summed E-state index contributed by atoms with van der Waals surface area (Å²) in [6.07, 6.45) is 2.63. The summed E-state index contributed by atoms with van der Waals surface area (Å²) in [5.41, 5.74) is 1.17. The highest BCUT2D eigenvalue weighted by atomic mass is 79.9. The van der Waals surface area contributed by atoms with Crippen LogP contribution in [0.5, 0.6) is 0 Å². The summed E-state index contributed by atoms with van der Waals surface area (Å²) in [5.74, 6) is 0. The Labute approximate surface area is 92.9 Å². The third-order valence-electron chi connectivity index (χ3n) is 1.81. The van der Waals surface area contributed by atoms with Gasteiger partial charge in [-0.3, -0.25) is 0 Å². The van der Waals surface area contributed by atoms with Gasteiger partial charge in [-0.15, -0.1) is 0 Å². The summed E-state index contributed by atoms with van der Waals surface area (Å²) in [4.78, 5) is 4.13. The fourth-order valence-electron chi connectivity index (χ4n) is 1.15. The van der Waals surface area contributed by atoms with Crippen LogP contribution >= 0.6 is 15.9 Å². The monoisotopic (exact) mass is 273 g/mol. The van der Waals surface area contributed by atoms with Gasteiger partial charge in [0, 0.05) is 11.8 Å². The number of halogens is 3. The Balaban J connectivity index is 2.37. The molecule has 2 aromatic rings. The normalized spacial score (nSPS) is 10.9. The quantitative estimate of drug-likeness (QED) is 0.788. The minimum atomic E-state index is -2.62. The van der Waals surface area contributed by atoms with E-state index < -0.39 is 6.55 Å². The third-order valence-corrected chi connectivity index (χ3v) is 2.25. The van der Waals surface area contributed by atoms with Crippen LogP contribution in [0, 0.1) is 0 Å². The molecule has 0 spiro atoms. The second kappa shape index (κ2) is 4.06. The van der Waals surface area contributed by atoms with Crippen LogP contribution in [0.3, 0.4) is 0 Å². The summed E-state index contributed by atoms with van der Waals surface area (Å²) < 4.78 is 25.7. The summed E-state index contributed by atoms with van der Waals surface area (Å²) in [5, 5.41) is 3.53. The summed E-state index contributed by atoms with van der Waals surface area (Å²) in [6.45, 7) is -2.62. The number of hydrogen-bond donors (Lipinski definition) is 0. The topological polar surface area (TPSA) is 30.7 Å². The molecule has 78 valence electrons. The Morgan fingerprint density at radius 3 is 2.73 bits per heavy atom. The van der Waals surface area contributed by atoms with Crippen LogP contribution in [0.25, 0.3) is 11.3 Å². The Hall–Kier alpha value is -1.30. The fourth-order valence-corrected chi connectivity index (χ4v) is 1.49. The van der Waals surface area contributed by atoms with Crippen molar-refractivity contribution in [2.75, 3.05) is 0 Å². The van der Waals surface area contributed by atoms with Gasteiger partial charge < -0.3 is 0 Å². The lowest BCUT2D eigenvalue weighted by Crippen LogP contribution is -1.96. The van der Waals surface area contributed by atoms with E-state index in [0.29, 0.717) is 20.5 Å². The molecule has 0 saturated carbocycles. The molecule has 2 rings (SSSR count). The Kier molecular flexibility index (Phi) is 2.77. The van der Waals surface area contributed by atoms with Crippen molar-refractivity contribution in [2.45, 2.75) is 6.55 Å². The predicted octanol–water partition coefficient (Wildman–Crippen LogP) is 3.10. The van der Waals surface area contributed by atoms with E-state index in [1.807, 2.05) is 0 Å². The SMILES string of the molecule is FC(F)n1cc(-c2cccc(Br)n2)cn1. The van der Waals surface area contributed by atoms with Crippen LogP contribution < -0.4 is 0 Å². The van der Waals surface area contributed by atoms with Gasteiger partial charge in [0.15, 0.2) is 0 Å². The van der Waals surface area contributed by atoms with Crippen LogP contribution in [-0.4, -0.2) is 14.8 Å². The first-order valence-electron chi connectivity index (χ1n) is 4.12. The molecule has 0 unspecified atom stereocenters. The molecule has 0 aromatic carbocycles. The highest BCUT2D eigenvalue weighted by Gasteiger charge is 2.09. The lowest BCUT2D eigenvalue weighted by atomic mass is 10.2. The van der Waals surface area contributed by atoms with Crippen LogP contribution in [0.2, 0.25) is 0 Å². The Morgan fingerprint density at radius 2 is 2.13 bits per heavy atom. The molecule has 0 aliphatic rings. The van der Waals surface area contributed by atoms with Gasteiger partial charge in [0.25, 0.3) is 0 Å². The number of aromatic nitrogens is 3. The van der Waals surface area contributed by atoms with E-state index in [9.17, 15) is 8.78 Å². The Morgan fingerprint density at radius 1 is 1.33 bits per heavy atom. The summed E-state index contributed by atoms with van der Waals surface area (Å²) in [7, 11) is 0. The summed E-state index contributed by atoms with van der Waals surface area (Å²) >= 11 is 3.21. The zero-order valence-electron chi connectivity index (χ0n) is 7.44. The van der Waals surface area contributed by atoms with E-state index in [-0.39, 0.29) is 0 Å². The van der Waals surface area contributed by atoms with Gasteiger partial charge in [0.05, 0.1) is 11.9 Å². The zero-order valence-corrected chi connectivity index (χ0v) is 9.03. The van der Waals surface area contributed by atoms with Crippen LogP contribution in [0.1, 0.15) is 6.55 Å². The van der Waals surface area contributed by atoms with E-state index in [4.69, 9.17) is 0 Å². The maximum Gasteiger partial charge on any atom is 0.333 e. The molecule has 0 saturated heterocycles. The van der Waals surface area contributed by atoms with E-state index in [2.05, 4.69) is 26.0 Å². The van der Waals surface area contributed by atoms with Gasteiger partial charge in [-0.25, -0.2) is 9.67 Å². The number of nitrogens with zero attached hydrogens (tertiary/aromatic N) is 3. The van der Waals surface area contributed by atoms with Crippen molar-refractivity contribution in [1.29, 1.82) is 0 Å². The van der Waals surface area contributed by atoms with Crippen LogP contribution in [-0.2, 0) is 0 Å². The minimum Gasteiger partial charge on any atom is -0.241 e. The van der Waals surface area contributed by atoms with Gasteiger partial charge >= 0.3 is 6.55 Å². The van der Waals surface area contributed by atoms with E-state index in [0.717, 1.165) is 0 Å². The van der Waals surface area contributed by atoms with Crippen molar-refractivity contribution >= 4 is 15.9 Å². The first-order valence-corrected chi connectivity index (χ1v) is 4.91. The van der Waals surface area contributed by atoms with Crippen LogP contribution in [0.15, 0.2) is 35.2 Å². The average Bonchev–Trinajstić information content (AvgIpc) is 2.66. The molecule has 2 aromatic heterocycles. The van der Waals surface area contributed by atoms with Gasteiger partial charge in [-0.05, 0) is 28.1 Å². The predicted molar refractivity (Wildman–Crippen MR) is 54.4 cm³/mol. The van der Waals surface area contributed by atoms with Crippen molar-refractivity contribution in [3.05, 3.63) is 35.2 Å². The standard InChI is InChI=1S/C9H6BrF2N3/c10-8-3-1-2-7(14-8)6-4-13-15(5-6)9(11)12/h1-5,9H. The Bertz CT molecular complexity index is 470. The largest absolute Gasteiger partial charge is 0.333 e. The lowest BCUT2D eigenvalue weighted by molar-refractivity contribution is 0.0566. The van der Waals surface area contributed by atoms with Crippen molar-refractivity contribution in [1.82, 2.24) is 14.8 Å². The van der Waals surface area contributed by atoms with Crippen molar-refractivity contribution in [2.24, 2.45) is 0 Å². The van der Waals surface area contributed by atoms with E-state index in [1.54, 1.807) is 18.2 Å². The maximum absolute atomic E-state index is 12.2. The molecule has 6 heteroatoms. The highest BCUT2D eigenvalue weighted by molar-refractivity contribution is 9.10. The second-order valence-electron chi connectivity index (χ2n) is 2.83. The van der Waals surface area contributed by atoms with Crippen molar-refractivity contribution in [3.8, 4) is 11.3 Å². The van der Waals surface area contributed by atoms with Crippen LogP contribution in [0.4, 0.5) is 8.78 Å². The average molecular weight is 274 g/mol. The smallest absolute Gasteiger partial charge is 0.241 e. The summed E-state index contributed by atoms with van der Waals surface area (Å²) in [6, 6.07) is 5.28. The first kappa shape index (κ1) is 10.2. The molecule has 0 aliphatic heterocycles. The molecular formula is C9H6BrF2N3. The van der Waals surface area contributed by atoms with E-state index in [1.165, 1.54) is 12.4 Å². The number of pyridine rings is 1. The van der Waals surface area contributed by atoms with Crippen molar-refractivity contribution < 1.29 is 8.78 Å². The van der Waals surface area contributed by atoms with Gasteiger partial charge in [0.1, 0.15) is 4.60 Å². The number of alkyl halides is 2. The molecule has 3 nitrogen and oxygen atoms in total. The molecular weight excluding hydrogens is 268 g/mol. The number of hydrogen-bond acceptors (Lipinski definition) is 2. The molecule has 2 heterocycles. The molecule has 15 heavy (non-hydrogen) atoms. The number of rotatable bonds is 2. The first-order chi connectivity index (χ1) is 7.16. The zero-order chi connectivity index (χ0) is 10.8. The fraction of sp³-hybridized carbons (Fsp3) is 0.111. The molecule has 0 bridgehead atoms. The maximum atomic E-state index is 12.2. The van der Waals surface area contributed by atoms with Gasteiger partial charge in [0.2, 0.25) is 0 Å². The molecule has 0 atom stereocenters. The molecule has 0 aliphatic carbocycles. The molecule has 0 N–H and O–H groups in total. The lowest BCUT2D eigenvalue weighted by Gasteiger charge is -1.97. The van der Waals surface area contributed by atoms with Crippen molar-refractivity contribution in [3.63, 3.8) is 0 Å². The second-order valence-corrected chi connectivity index (χ2v) is 3.64. The molecule has 0 radical (unpaired) electrons. The van der Waals surface area contributed by atoms with Gasteiger partial charge in [-0.1, -0.05) is 6.07 Å². The third kappa shape index (κ3) is 2.20.